The number of nitrogens with two attached hydrogens (primary N) is 1. The molecule has 2 aliphatic heterocycles. The van der Waals surface area contributed by atoms with Crippen molar-refractivity contribution in [1.82, 2.24) is 9.21 Å². The zero-order chi connectivity index (χ0) is 15.7. The highest BCUT2D eigenvalue weighted by atomic mass is 32.2. The van der Waals surface area contributed by atoms with E-state index in [1.54, 1.807) is 4.90 Å². The second-order valence-electron chi connectivity index (χ2n) is 6.98. The molecule has 2 unspecified atom stereocenters. The second-order valence-corrected chi connectivity index (χ2v) is 9.19. The number of rotatable bonds is 3. The molecule has 0 radical (unpaired) electrons. The molecule has 0 spiro atoms. The lowest BCUT2D eigenvalue weighted by molar-refractivity contribution is -0.136. The molecule has 0 aromatic carbocycles. The predicted octanol–water partition coefficient (Wildman–Crippen LogP) is 0.530. The van der Waals surface area contributed by atoms with Crippen LogP contribution in [-0.4, -0.2) is 61.0 Å². The summed E-state index contributed by atoms with van der Waals surface area (Å²) >= 11 is 0. The van der Waals surface area contributed by atoms with E-state index in [0.29, 0.717) is 32.6 Å². The summed E-state index contributed by atoms with van der Waals surface area (Å²) < 4.78 is 27.0. The van der Waals surface area contributed by atoms with Crippen LogP contribution in [0, 0.1) is 5.92 Å². The number of carbonyl (C=O) groups is 1. The van der Waals surface area contributed by atoms with Gasteiger partial charge in [-0.05, 0) is 32.1 Å². The fourth-order valence-electron chi connectivity index (χ4n) is 4.01. The fourth-order valence-corrected chi connectivity index (χ4v) is 6.02. The van der Waals surface area contributed by atoms with Crippen molar-refractivity contribution in [1.29, 1.82) is 0 Å². The van der Waals surface area contributed by atoms with Gasteiger partial charge in [-0.15, -0.1) is 0 Å². The van der Waals surface area contributed by atoms with Crippen molar-refractivity contribution in [3.63, 3.8) is 0 Å². The van der Waals surface area contributed by atoms with E-state index in [1.807, 2.05) is 0 Å². The first kappa shape index (κ1) is 16.2. The lowest BCUT2D eigenvalue weighted by Crippen LogP contribution is -2.50. The van der Waals surface area contributed by atoms with Gasteiger partial charge in [-0.1, -0.05) is 12.8 Å². The van der Waals surface area contributed by atoms with Crippen LogP contribution in [0.25, 0.3) is 0 Å². The van der Waals surface area contributed by atoms with Crippen LogP contribution in [0.4, 0.5) is 0 Å². The van der Waals surface area contributed by atoms with Gasteiger partial charge in [0.2, 0.25) is 15.9 Å². The van der Waals surface area contributed by atoms with Crippen LogP contribution >= 0.6 is 0 Å². The number of amides is 1. The molecule has 1 saturated carbocycles. The summed E-state index contributed by atoms with van der Waals surface area (Å²) in [6, 6.07) is -0.0467. The Balaban J connectivity index is 1.66. The van der Waals surface area contributed by atoms with Gasteiger partial charge in [-0.3, -0.25) is 4.79 Å². The summed E-state index contributed by atoms with van der Waals surface area (Å²) in [7, 11) is -3.33. The standard InChI is InChI=1S/C15H27N3O3S/c16-13-7-9-18(10-13)22(20,21)14-6-3-8-17(11-14)15(19)12-4-1-2-5-12/h12-14H,1-11,16H2. The lowest BCUT2D eigenvalue weighted by Gasteiger charge is -2.35. The Morgan fingerprint density at radius 1 is 0.955 bits per heavy atom. The zero-order valence-corrected chi connectivity index (χ0v) is 13.9. The Morgan fingerprint density at radius 2 is 1.68 bits per heavy atom. The van der Waals surface area contributed by atoms with E-state index in [4.69, 9.17) is 5.73 Å². The van der Waals surface area contributed by atoms with Gasteiger partial charge in [-0.2, -0.15) is 0 Å². The van der Waals surface area contributed by atoms with Gasteiger partial charge in [0.15, 0.2) is 0 Å². The average molecular weight is 329 g/mol. The van der Waals surface area contributed by atoms with Crippen LogP contribution in [0.2, 0.25) is 0 Å². The number of sulfonamides is 1. The van der Waals surface area contributed by atoms with E-state index in [1.165, 1.54) is 4.31 Å². The van der Waals surface area contributed by atoms with Crippen LogP contribution in [0.5, 0.6) is 0 Å². The van der Waals surface area contributed by atoms with E-state index in [2.05, 4.69) is 0 Å². The molecule has 0 aromatic heterocycles. The molecule has 2 atom stereocenters. The number of likely N-dealkylation sites (tertiary alicyclic amines) is 1. The Kier molecular flexibility index (Phi) is 4.75. The maximum Gasteiger partial charge on any atom is 0.225 e. The first-order chi connectivity index (χ1) is 10.5. The highest BCUT2D eigenvalue weighted by molar-refractivity contribution is 7.89. The van der Waals surface area contributed by atoms with E-state index in [9.17, 15) is 13.2 Å². The van der Waals surface area contributed by atoms with E-state index in [0.717, 1.165) is 38.5 Å². The van der Waals surface area contributed by atoms with Gasteiger partial charge >= 0.3 is 0 Å². The topological polar surface area (TPSA) is 83.7 Å². The molecule has 6 nitrogen and oxygen atoms in total. The maximum absolute atomic E-state index is 12.8. The molecule has 3 aliphatic rings. The zero-order valence-electron chi connectivity index (χ0n) is 13.1. The summed E-state index contributed by atoms with van der Waals surface area (Å²) in [5.41, 5.74) is 5.84. The van der Waals surface area contributed by atoms with Crippen molar-refractivity contribution < 1.29 is 13.2 Å². The molecule has 2 heterocycles. The summed E-state index contributed by atoms with van der Waals surface area (Å²) in [6.07, 6.45) is 6.35. The second kappa shape index (κ2) is 6.45. The summed E-state index contributed by atoms with van der Waals surface area (Å²) in [6.45, 7) is 2.02. The molecule has 2 saturated heterocycles. The predicted molar refractivity (Wildman–Crippen MR) is 84.6 cm³/mol. The van der Waals surface area contributed by atoms with Crippen LogP contribution in [0.15, 0.2) is 0 Å². The lowest BCUT2D eigenvalue weighted by atomic mass is 10.0. The van der Waals surface area contributed by atoms with Crippen LogP contribution in [0.3, 0.4) is 0 Å². The molecule has 22 heavy (non-hydrogen) atoms. The van der Waals surface area contributed by atoms with Crippen LogP contribution in [-0.2, 0) is 14.8 Å². The van der Waals surface area contributed by atoms with Gasteiger partial charge in [0.25, 0.3) is 0 Å². The third kappa shape index (κ3) is 3.16. The van der Waals surface area contributed by atoms with E-state index >= 15 is 0 Å². The molecule has 0 bridgehead atoms. The average Bonchev–Trinajstić information content (AvgIpc) is 3.18. The van der Waals surface area contributed by atoms with Gasteiger partial charge in [0.05, 0.1) is 5.25 Å². The third-order valence-corrected chi connectivity index (χ3v) is 7.64. The Bertz CT molecular complexity index is 516. The first-order valence-electron chi connectivity index (χ1n) is 8.52. The van der Waals surface area contributed by atoms with Crippen molar-refractivity contribution in [2.45, 2.75) is 56.2 Å². The maximum atomic E-state index is 12.8. The minimum Gasteiger partial charge on any atom is -0.341 e. The highest BCUT2D eigenvalue weighted by Crippen LogP contribution is 2.29. The summed E-state index contributed by atoms with van der Waals surface area (Å²) in [5, 5.41) is -0.447. The first-order valence-corrected chi connectivity index (χ1v) is 10.0. The van der Waals surface area contributed by atoms with Gasteiger partial charge < -0.3 is 10.6 Å². The van der Waals surface area contributed by atoms with E-state index < -0.39 is 15.3 Å². The fraction of sp³-hybridized carbons (Fsp3) is 0.933. The SMILES string of the molecule is NC1CCN(S(=O)(=O)C2CCCN(C(=O)C3CCCC3)C2)C1. The van der Waals surface area contributed by atoms with Crippen molar-refractivity contribution >= 4 is 15.9 Å². The number of piperidine rings is 1. The molecular formula is C15H27N3O3S. The molecule has 3 rings (SSSR count). The smallest absolute Gasteiger partial charge is 0.225 e. The largest absolute Gasteiger partial charge is 0.341 e. The van der Waals surface area contributed by atoms with Crippen LogP contribution in [0.1, 0.15) is 44.9 Å². The molecule has 126 valence electrons. The quantitative estimate of drug-likeness (QED) is 0.819. The van der Waals surface area contributed by atoms with Crippen molar-refractivity contribution in [2.24, 2.45) is 11.7 Å². The van der Waals surface area contributed by atoms with Gasteiger partial charge in [0.1, 0.15) is 0 Å². The van der Waals surface area contributed by atoms with Crippen molar-refractivity contribution in [2.75, 3.05) is 26.2 Å². The molecule has 2 N–H and O–H groups in total. The molecular weight excluding hydrogens is 302 g/mol. The number of carbonyl (C=O) groups excluding carboxylic acids is 1. The molecule has 7 heteroatoms. The number of hydrogen-bond donors (Lipinski definition) is 1. The Hall–Kier alpha value is -0.660. The van der Waals surface area contributed by atoms with Crippen LogP contribution < -0.4 is 5.73 Å². The molecule has 1 aliphatic carbocycles. The minimum absolute atomic E-state index is 0.0467. The van der Waals surface area contributed by atoms with Crippen molar-refractivity contribution in [3.05, 3.63) is 0 Å². The third-order valence-electron chi connectivity index (χ3n) is 5.36. The molecule has 3 fully saturated rings. The molecule has 0 aromatic rings. The highest BCUT2D eigenvalue weighted by Gasteiger charge is 2.40. The minimum atomic E-state index is -3.33. The van der Waals surface area contributed by atoms with Crippen molar-refractivity contribution in [3.8, 4) is 0 Å². The van der Waals surface area contributed by atoms with Gasteiger partial charge in [-0.25, -0.2) is 12.7 Å². The summed E-state index contributed by atoms with van der Waals surface area (Å²) in [4.78, 5) is 14.3. The Morgan fingerprint density at radius 3 is 2.32 bits per heavy atom. The normalized spacial score (nSPS) is 31.8. The van der Waals surface area contributed by atoms with Gasteiger partial charge in [0, 0.05) is 38.1 Å². The molecule has 1 amide bonds. The summed E-state index contributed by atoms with van der Waals surface area (Å²) in [5.74, 6) is 0.303. The number of hydrogen-bond acceptors (Lipinski definition) is 4. The monoisotopic (exact) mass is 329 g/mol. The number of nitrogens with zero attached hydrogens (tertiary/aromatic N) is 2. The van der Waals surface area contributed by atoms with E-state index in [-0.39, 0.29) is 17.9 Å². The Labute approximate surface area is 133 Å².